The molecular formula is C9H17BrMg. The molecule has 0 amide bonds. The second kappa shape index (κ2) is 9.34. The fourth-order valence-electron chi connectivity index (χ4n) is 1.66. The van der Waals surface area contributed by atoms with Crippen molar-refractivity contribution < 1.29 is 17.0 Å². The maximum absolute atomic E-state index is 2.52. The molecule has 1 saturated carbocycles. The molecule has 0 aromatic carbocycles. The Morgan fingerprint density at radius 3 is 2.55 bits per heavy atom. The molecule has 1 fully saturated rings. The van der Waals surface area contributed by atoms with E-state index < -0.39 is 0 Å². The van der Waals surface area contributed by atoms with Gasteiger partial charge < -0.3 is 23.4 Å². The minimum absolute atomic E-state index is 0. The minimum Gasteiger partial charge on any atom is -1.00 e. The van der Waals surface area contributed by atoms with Crippen molar-refractivity contribution in [3.8, 4) is 0 Å². The van der Waals surface area contributed by atoms with E-state index in [2.05, 4.69) is 13.3 Å². The second-order valence-electron chi connectivity index (χ2n) is 3.07. The molecule has 0 aromatic heterocycles. The Hall–Kier alpha value is 1.25. The Morgan fingerprint density at radius 1 is 1.36 bits per heavy atom. The number of halogens is 1. The van der Waals surface area contributed by atoms with Crippen molar-refractivity contribution >= 4 is 23.1 Å². The summed E-state index contributed by atoms with van der Waals surface area (Å²) in [6, 6.07) is 0. The predicted molar refractivity (Wildman–Crippen MR) is 46.9 cm³/mol. The van der Waals surface area contributed by atoms with E-state index in [1.54, 1.807) is 0 Å². The van der Waals surface area contributed by atoms with Gasteiger partial charge in [0.05, 0.1) is 0 Å². The van der Waals surface area contributed by atoms with Crippen molar-refractivity contribution in [2.45, 2.75) is 45.4 Å². The quantitative estimate of drug-likeness (QED) is 0.455. The third-order valence-electron chi connectivity index (χ3n) is 2.19. The van der Waals surface area contributed by atoms with Crippen LogP contribution < -0.4 is 17.0 Å². The summed E-state index contributed by atoms with van der Waals surface area (Å²) in [4.78, 5) is 0. The maximum atomic E-state index is 2.52. The first-order valence-corrected chi connectivity index (χ1v) is 4.27. The number of hydrogen-bond donors (Lipinski definition) is 0. The van der Waals surface area contributed by atoms with Crippen LogP contribution in [0.25, 0.3) is 0 Å². The molecule has 1 atom stereocenters. The summed E-state index contributed by atoms with van der Waals surface area (Å²) < 4.78 is 0. The fourth-order valence-corrected chi connectivity index (χ4v) is 1.66. The molecule has 0 spiro atoms. The molecule has 0 aliphatic heterocycles. The van der Waals surface area contributed by atoms with Crippen LogP contribution >= 0.6 is 0 Å². The Morgan fingerprint density at radius 2 is 2.09 bits per heavy atom. The molecule has 11 heavy (non-hydrogen) atoms. The molecule has 0 nitrogen and oxygen atoms in total. The standard InChI is InChI=1S/C9H17.BrH.Mg/c1-2-6-9-7-4-3-5-8-9;;/h7,9H,2-6,8H2,1H3;1H;/q-1;;+2/p-1. The first-order valence-electron chi connectivity index (χ1n) is 4.27. The Balaban J connectivity index is 0. The molecule has 0 aromatic rings. The van der Waals surface area contributed by atoms with E-state index in [0.717, 1.165) is 5.92 Å². The van der Waals surface area contributed by atoms with Gasteiger partial charge in [0.15, 0.2) is 0 Å². The first kappa shape index (κ1) is 14.8. The minimum atomic E-state index is 0. The molecule has 1 aliphatic rings. The summed E-state index contributed by atoms with van der Waals surface area (Å²) in [5.41, 5.74) is 0. The molecule has 0 bridgehead atoms. The van der Waals surface area contributed by atoms with E-state index >= 15 is 0 Å². The van der Waals surface area contributed by atoms with Gasteiger partial charge in [-0.15, -0.1) is 0 Å². The number of rotatable bonds is 2. The molecule has 62 valence electrons. The van der Waals surface area contributed by atoms with Crippen molar-refractivity contribution in [1.29, 1.82) is 0 Å². The normalized spacial score (nSPS) is 23.2. The number of hydrogen-bond acceptors (Lipinski definition) is 0. The van der Waals surface area contributed by atoms with Crippen LogP contribution in [0, 0.1) is 12.3 Å². The SMILES string of the molecule is CCCC1[CH-]CCCC1.[Br-].[Mg+2]. The molecule has 1 unspecified atom stereocenters. The van der Waals surface area contributed by atoms with Crippen LogP contribution in [0.1, 0.15) is 45.4 Å². The van der Waals surface area contributed by atoms with Gasteiger partial charge in [-0.2, -0.15) is 12.3 Å². The maximum Gasteiger partial charge on any atom is 2.00 e. The van der Waals surface area contributed by atoms with Crippen LogP contribution in [0.2, 0.25) is 0 Å². The van der Waals surface area contributed by atoms with Gasteiger partial charge in [0.2, 0.25) is 0 Å². The molecule has 0 radical (unpaired) electrons. The van der Waals surface area contributed by atoms with E-state index in [-0.39, 0.29) is 40.0 Å². The van der Waals surface area contributed by atoms with Crippen molar-refractivity contribution in [2.75, 3.05) is 0 Å². The van der Waals surface area contributed by atoms with Crippen LogP contribution in [-0.2, 0) is 0 Å². The zero-order valence-electron chi connectivity index (χ0n) is 7.48. The largest absolute Gasteiger partial charge is 2.00 e. The molecule has 0 saturated heterocycles. The van der Waals surface area contributed by atoms with Gasteiger partial charge in [0.25, 0.3) is 0 Å². The summed E-state index contributed by atoms with van der Waals surface area (Å²) >= 11 is 0. The molecule has 1 rings (SSSR count). The van der Waals surface area contributed by atoms with Gasteiger partial charge in [-0.1, -0.05) is 39.0 Å². The average molecular weight is 229 g/mol. The zero-order valence-corrected chi connectivity index (χ0v) is 10.5. The van der Waals surface area contributed by atoms with Crippen LogP contribution in [0.4, 0.5) is 0 Å². The van der Waals surface area contributed by atoms with E-state index in [1.807, 2.05) is 0 Å². The summed E-state index contributed by atoms with van der Waals surface area (Å²) in [5, 5.41) is 0. The van der Waals surface area contributed by atoms with Crippen molar-refractivity contribution in [2.24, 2.45) is 5.92 Å². The van der Waals surface area contributed by atoms with Crippen molar-refractivity contribution in [3.05, 3.63) is 6.42 Å². The van der Waals surface area contributed by atoms with Crippen LogP contribution in [0.5, 0.6) is 0 Å². The van der Waals surface area contributed by atoms with Gasteiger partial charge >= 0.3 is 23.1 Å². The van der Waals surface area contributed by atoms with Crippen LogP contribution in [0.15, 0.2) is 0 Å². The smallest absolute Gasteiger partial charge is 1.00 e. The summed E-state index contributed by atoms with van der Waals surface area (Å²) in [5.74, 6) is 0.976. The second-order valence-corrected chi connectivity index (χ2v) is 3.07. The van der Waals surface area contributed by atoms with Gasteiger partial charge in [-0.3, -0.25) is 0 Å². The summed E-state index contributed by atoms with van der Waals surface area (Å²) in [6.45, 7) is 2.28. The molecule has 0 N–H and O–H groups in total. The van der Waals surface area contributed by atoms with Crippen molar-refractivity contribution in [1.82, 2.24) is 0 Å². The monoisotopic (exact) mass is 228 g/mol. The van der Waals surface area contributed by atoms with Crippen LogP contribution in [0.3, 0.4) is 0 Å². The van der Waals surface area contributed by atoms with Crippen LogP contribution in [-0.4, -0.2) is 23.1 Å². The molecular weight excluding hydrogens is 212 g/mol. The van der Waals surface area contributed by atoms with E-state index in [9.17, 15) is 0 Å². The molecule has 1 aliphatic carbocycles. The zero-order chi connectivity index (χ0) is 6.53. The Bertz CT molecular complexity index is 67.2. The third-order valence-corrected chi connectivity index (χ3v) is 2.19. The van der Waals surface area contributed by atoms with Gasteiger partial charge in [-0.25, -0.2) is 0 Å². The molecule has 0 heterocycles. The summed E-state index contributed by atoms with van der Waals surface area (Å²) in [7, 11) is 0. The summed E-state index contributed by atoms with van der Waals surface area (Å²) in [6.07, 6.45) is 11.1. The average Bonchev–Trinajstić information content (AvgIpc) is 1.91. The third kappa shape index (κ3) is 6.41. The Labute approximate surface area is 97.4 Å². The van der Waals surface area contributed by atoms with E-state index in [4.69, 9.17) is 0 Å². The van der Waals surface area contributed by atoms with Gasteiger partial charge in [0.1, 0.15) is 0 Å². The predicted octanol–water partition coefficient (Wildman–Crippen LogP) is -0.196. The van der Waals surface area contributed by atoms with E-state index in [1.165, 1.54) is 38.5 Å². The Kier molecular flexibility index (Phi) is 12.5. The topological polar surface area (TPSA) is 0 Å². The van der Waals surface area contributed by atoms with Gasteiger partial charge in [0, 0.05) is 0 Å². The first-order chi connectivity index (χ1) is 4.43. The molecule has 2 heteroatoms. The van der Waals surface area contributed by atoms with Crippen molar-refractivity contribution in [3.63, 3.8) is 0 Å². The van der Waals surface area contributed by atoms with E-state index in [0.29, 0.717) is 0 Å². The fraction of sp³-hybridized carbons (Fsp3) is 0.889. The van der Waals surface area contributed by atoms with Gasteiger partial charge in [-0.05, 0) is 0 Å².